The van der Waals surface area contributed by atoms with E-state index in [0.717, 1.165) is 32.6 Å². The highest BCUT2D eigenvalue weighted by atomic mass is 79.9. The molecule has 4 nitrogen and oxygen atoms in total. The first kappa shape index (κ1) is 16.8. The van der Waals surface area contributed by atoms with Crippen molar-refractivity contribution in [1.29, 1.82) is 0 Å². The minimum Gasteiger partial charge on any atom is -0.446 e. The predicted molar refractivity (Wildman–Crippen MR) is 89.7 cm³/mol. The van der Waals surface area contributed by atoms with Crippen LogP contribution in [0, 0.1) is 0 Å². The van der Waals surface area contributed by atoms with Gasteiger partial charge >= 0.3 is 6.09 Å². The van der Waals surface area contributed by atoms with Gasteiger partial charge in [-0.3, -0.25) is 4.90 Å². The molecule has 0 bridgehead atoms. The lowest BCUT2D eigenvalue weighted by atomic mass is 10.2. The summed E-state index contributed by atoms with van der Waals surface area (Å²) in [6.07, 6.45) is 0.675. The average Bonchev–Trinajstić information content (AvgIpc) is 2.83. The van der Waals surface area contributed by atoms with E-state index in [1.54, 1.807) is 11.3 Å². The lowest BCUT2D eigenvalue weighted by molar-refractivity contribution is 0.0302. The number of carbonyl (C=O) groups is 1. The molecule has 0 aromatic carbocycles. The standard InChI is InChI=1S/C15H23BrN2O2S/c1-4-12(3)20-15(19)18-8-7-17(9-11(18)2)10-13-5-6-14(16)21-13/h5-6,11-12H,4,7-10H2,1-3H3/t11-,12?/m0/s1. The summed E-state index contributed by atoms with van der Waals surface area (Å²) in [7, 11) is 0. The highest BCUT2D eigenvalue weighted by Gasteiger charge is 2.29. The van der Waals surface area contributed by atoms with E-state index in [0.29, 0.717) is 0 Å². The summed E-state index contributed by atoms with van der Waals surface area (Å²) in [5, 5.41) is 0. The molecule has 21 heavy (non-hydrogen) atoms. The van der Waals surface area contributed by atoms with Crippen LogP contribution in [0.25, 0.3) is 0 Å². The summed E-state index contributed by atoms with van der Waals surface area (Å²) in [5.41, 5.74) is 0. The van der Waals surface area contributed by atoms with Crippen molar-refractivity contribution in [2.45, 2.75) is 45.9 Å². The molecule has 1 amide bonds. The van der Waals surface area contributed by atoms with Crippen LogP contribution in [0.2, 0.25) is 0 Å². The maximum absolute atomic E-state index is 12.1. The largest absolute Gasteiger partial charge is 0.446 e. The Balaban J connectivity index is 1.85. The number of ether oxygens (including phenoxy) is 1. The molecule has 0 spiro atoms. The molecule has 0 radical (unpaired) electrons. The van der Waals surface area contributed by atoms with Crippen molar-refractivity contribution < 1.29 is 9.53 Å². The van der Waals surface area contributed by atoms with Crippen LogP contribution in [-0.4, -0.2) is 47.7 Å². The molecule has 1 aromatic rings. The number of carbonyl (C=O) groups excluding carboxylic acids is 1. The minimum atomic E-state index is -0.171. The highest BCUT2D eigenvalue weighted by molar-refractivity contribution is 9.11. The van der Waals surface area contributed by atoms with E-state index < -0.39 is 0 Å². The minimum absolute atomic E-state index is 0.00815. The second-order valence-electron chi connectivity index (χ2n) is 5.59. The van der Waals surface area contributed by atoms with E-state index in [-0.39, 0.29) is 18.2 Å². The number of hydrogen-bond acceptors (Lipinski definition) is 4. The van der Waals surface area contributed by atoms with Crippen molar-refractivity contribution in [2.75, 3.05) is 19.6 Å². The Hall–Kier alpha value is -0.590. The molecule has 118 valence electrons. The molecule has 6 heteroatoms. The molecular formula is C15H23BrN2O2S. The molecule has 2 heterocycles. The van der Waals surface area contributed by atoms with Crippen molar-refractivity contribution in [1.82, 2.24) is 9.80 Å². The topological polar surface area (TPSA) is 32.8 Å². The smallest absolute Gasteiger partial charge is 0.410 e. The Morgan fingerprint density at radius 2 is 2.29 bits per heavy atom. The summed E-state index contributed by atoms with van der Waals surface area (Å²) in [6.45, 7) is 9.54. The number of rotatable bonds is 4. The van der Waals surface area contributed by atoms with Crippen LogP contribution < -0.4 is 0 Å². The summed E-state index contributed by atoms with van der Waals surface area (Å²) in [6, 6.07) is 4.44. The first-order valence-corrected chi connectivity index (χ1v) is 9.04. The van der Waals surface area contributed by atoms with Gasteiger partial charge in [0.15, 0.2) is 0 Å². The van der Waals surface area contributed by atoms with E-state index in [1.807, 2.05) is 18.7 Å². The number of hydrogen-bond donors (Lipinski definition) is 0. The van der Waals surface area contributed by atoms with Gasteiger partial charge in [-0.2, -0.15) is 0 Å². The molecule has 0 aliphatic carbocycles. The molecule has 1 unspecified atom stereocenters. The van der Waals surface area contributed by atoms with E-state index in [2.05, 4.69) is 39.9 Å². The molecule has 1 aliphatic rings. The molecular weight excluding hydrogens is 352 g/mol. The van der Waals surface area contributed by atoms with E-state index >= 15 is 0 Å². The monoisotopic (exact) mass is 374 g/mol. The van der Waals surface area contributed by atoms with E-state index in [1.165, 1.54) is 8.66 Å². The van der Waals surface area contributed by atoms with Gasteiger partial charge in [-0.05, 0) is 48.3 Å². The van der Waals surface area contributed by atoms with Gasteiger partial charge in [0, 0.05) is 37.1 Å². The maximum Gasteiger partial charge on any atom is 0.410 e. The third-order valence-corrected chi connectivity index (χ3v) is 5.44. The number of halogens is 1. The van der Waals surface area contributed by atoms with Crippen LogP contribution >= 0.6 is 27.3 Å². The Kier molecular flexibility index (Phi) is 6.08. The predicted octanol–water partition coefficient (Wildman–Crippen LogP) is 3.95. The fourth-order valence-electron chi connectivity index (χ4n) is 2.43. The van der Waals surface area contributed by atoms with E-state index in [4.69, 9.17) is 4.74 Å². The molecule has 2 rings (SSSR count). The second kappa shape index (κ2) is 7.61. The molecule has 0 N–H and O–H groups in total. The quantitative estimate of drug-likeness (QED) is 0.799. The number of nitrogens with zero attached hydrogens (tertiary/aromatic N) is 2. The zero-order valence-corrected chi connectivity index (χ0v) is 15.2. The second-order valence-corrected chi connectivity index (χ2v) is 8.13. The summed E-state index contributed by atoms with van der Waals surface area (Å²) in [4.78, 5) is 17.7. The van der Waals surface area contributed by atoms with Gasteiger partial charge in [-0.25, -0.2) is 4.79 Å². The van der Waals surface area contributed by atoms with Crippen LogP contribution in [0.3, 0.4) is 0 Å². The molecule has 2 atom stereocenters. The zero-order chi connectivity index (χ0) is 15.4. The van der Waals surface area contributed by atoms with Crippen LogP contribution in [0.1, 0.15) is 32.1 Å². The van der Waals surface area contributed by atoms with Crippen molar-refractivity contribution in [3.63, 3.8) is 0 Å². The van der Waals surface area contributed by atoms with Crippen molar-refractivity contribution in [3.8, 4) is 0 Å². The van der Waals surface area contributed by atoms with Crippen LogP contribution in [0.5, 0.6) is 0 Å². The first-order valence-electron chi connectivity index (χ1n) is 7.43. The van der Waals surface area contributed by atoms with Gasteiger partial charge < -0.3 is 9.64 Å². The van der Waals surface area contributed by atoms with E-state index in [9.17, 15) is 4.79 Å². The molecule has 1 aromatic heterocycles. The van der Waals surface area contributed by atoms with Crippen molar-refractivity contribution in [3.05, 3.63) is 20.8 Å². The van der Waals surface area contributed by atoms with Gasteiger partial charge in [0.05, 0.1) is 3.79 Å². The summed E-state index contributed by atoms with van der Waals surface area (Å²) < 4.78 is 6.60. The van der Waals surface area contributed by atoms with Crippen LogP contribution in [0.15, 0.2) is 15.9 Å². The third kappa shape index (κ3) is 4.69. The lowest BCUT2D eigenvalue weighted by Gasteiger charge is -2.39. The average molecular weight is 375 g/mol. The van der Waals surface area contributed by atoms with Crippen LogP contribution in [0.4, 0.5) is 4.79 Å². The first-order chi connectivity index (χ1) is 9.99. The maximum atomic E-state index is 12.1. The van der Waals surface area contributed by atoms with Gasteiger partial charge in [-0.15, -0.1) is 11.3 Å². The van der Waals surface area contributed by atoms with Crippen LogP contribution in [-0.2, 0) is 11.3 Å². The number of amides is 1. The Morgan fingerprint density at radius 3 is 2.86 bits per heavy atom. The Bertz CT molecular complexity index is 480. The highest BCUT2D eigenvalue weighted by Crippen LogP contribution is 2.24. The van der Waals surface area contributed by atoms with Gasteiger partial charge in [0.2, 0.25) is 0 Å². The normalized spacial score (nSPS) is 21.3. The summed E-state index contributed by atoms with van der Waals surface area (Å²) >= 11 is 5.27. The molecule has 0 saturated carbocycles. The van der Waals surface area contributed by atoms with Gasteiger partial charge in [-0.1, -0.05) is 6.92 Å². The fourth-order valence-corrected chi connectivity index (χ4v) is 3.95. The summed E-state index contributed by atoms with van der Waals surface area (Å²) in [5.74, 6) is 0. The van der Waals surface area contributed by atoms with Crippen molar-refractivity contribution in [2.24, 2.45) is 0 Å². The van der Waals surface area contributed by atoms with Crippen molar-refractivity contribution >= 4 is 33.4 Å². The molecule has 1 fully saturated rings. The lowest BCUT2D eigenvalue weighted by Crippen LogP contribution is -2.54. The fraction of sp³-hybridized carbons (Fsp3) is 0.667. The Labute approximate surface area is 139 Å². The SMILES string of the molecule is CCC(C)OC(=O)N1CCN(Cc2ccc(Br)s2)C[C@@H]1C. The van der Waals surface area contributed by atoms with Gasteiger partial charge in [0.25, 0.3) is 0 Å². The zero-order valence-electron chi connectivity index (χ0n) is 12.8. The Morgan fingerprint density at radius 1 is 1.52 bits per heavy atom. The number of piperazine rings is 1. The van der Waals surface area contributed by atoms with Gasteiger partial charge in [0.1, 0.15) is 6.10 Å². The number of thiophene rings is 1. The third-order valence-electron chi connectivity index (χ3n) is 3.83. The molecule has 1 aliphatic heterocycles. The molecule has 1 saturated heterocycles.